The molecule has 0 saturated heterocycles. The van der Waals surface area contributed by atoms with Gasteiger partial charge in [0.05, 0.1) is 0 Å². The van der Waals surface area contributed by atoms with E-state index in [-0.39, 0.29) is 5.91 Å². The van der Waals surface area contributed by atoms with Crippen molar-refractivity contribution in [1.29, 1.82) is 0 Å². The molecular weight excluding hydrogens is 282 g/mol. The van der Waals surface area contributed by atoms with Crippen LogP contribution in [0.25, 0.3) is 0 Å². The molecule has 0 aliphatic carbocycles. The number of halogens is 1. The van der Waals surface area contributed by atoms with Crippen LogP contribution in [0.15, 0.2) is 41.1 Å². The normalized spacial score (nSPS) is 10.2. The lowest BCUT2D eigenvalue weighted by Crippen LogP contribution is -2.13. The number of H-pyrrole nitrogens is 1. The minimum absolute atomic E-state index is 0.0369. The van der Waals surface area contributed by atoms with Crippen molar-refractivity contribution in [3.8, 4) is 0 Å². The van der Waals surface area contributed by atoms with Crippen LogP contribution < -0.4 is 5.32 Å². The molecule has 88 valence electrons. The fourth-order valence-electron chi connectivity index (χ4n) is 1.45. The maximum absolute atomic E-state index is 11.6. The molecule has 5 heteroatoms. The van der Waals surface area contributed by atoms with E-state index in [1.165, 1.54) is 0 Å². The quantitative estimate of drug-likeness (QED) is 0.911. The predicted molar refractivity (Wildman–Crippen MR) is 69.7 cm³/mol. The zero-order valence-corrected chi connectivity index (χ0v) is 10.7. The van der Waals surface area contributed by atoms with Gasteiger partial charge in [-0.1, -0.05) is 15.9 Å². The number of rotatable bonds is 4. The first-order chi connectivity index (χ1) is 8.24. The number of nitrogens with one attached hydrogen (secondary N) is 2. The highest BCUT2D eigenvalue weighted by Crippen LogP contribution is 2.13. The lowest BCUT2D eigenvalue weighted by atomic mass is 10.2. The first-order valence-corrected chi connectivity index (χ1v) is 6.07. The second kappa shape index (κ2) is 5.63. The fraction of sp³-hybridized carbons (Fsp3) is 0.167. The Balaban J connectivity index is 1.85. The van der Waals surface area contributed by atoms with Crippen LogP contribution in [0.4, 0.5) is 5.82 Å². The van der Waals surface area contributed by atoms with Crippen molar-refractivity contribution in [3.63, 3.8) is 0 Å². The van der Waals surface area contributed by atoms with E-state index in [0.717, 1.165) is 10.2 Å². The summed E-state index contributed by atoms with van der Waals surface area (Å²) in [5.41, 5.74) is 1.06. The van der Waals surface area contributed by atoms with Gasteiger partial charge in [0.15, 0.2) is 0 Å². The van der Waals surface area contributed by atoms with E-state index in [4.69, 9.17) is 0 Å². The predicted octanol–water partition coefficient (Wildman–Crippen LogP) is 2.74. The number of hydrogen-bond acceptors (Lipinski definition) is 2. The van der Waals surface area contributed by atoms with E-state index in [1.807, 2.05) is 24.4 Å². The molecule has 0 aliphatic heterocycles. The zero-order valence-electron chi connectivity index (χ0n) is 9.11. The van der Waals surface area contributed by atoms with Crippen LogP contribution in [0.5, 0.6) is 0 Å². The Hall–Kier alpha value is -1.62. The van der Waals surface area contributed by atoms with Crippen LogP contribution >= 0.6 is 15.9 Å². The molecule has 0 atom stereocenters. The Morgan fingerprint density at radius 2 is 2.35 bits per heavy atom. The van der Waals surface area contributed by atoms with Gasteiger partial charge in [-0.2, -0.15) is 0 Å². The number of pyridine rings is 1. The number of anilines is 1. The molecule has 17 heavy (non-hydrogen) atoms. The van der Waals surface area contributed by atoms with Gasteiger partial charge >= 0.3 is 0 Å². The molecule has 2 aromatic rings. The maximum atomic E-state index is 11.6. The highest BCUT2D eigenvalue weighted by Gasteiger charge is 2.04. The summed E-state index contributed by atoms with van der Waals surface area (Å²) >= 11 is 3.33. The van der Waals surface area contributed by atoms with Gasteiger partial charge in [0.25, 0.3) is 0 Å². The number of hydrogen-bond donors (Lipinski definition) is 2. The topological polar surface area (TPSA) is 57.8 Å². The highest BCUT2D eigenvalue weighted by molar-refractivity contribution is 9.10. The second-order valence-electron chi connectivity index (χ2n) is 3.60. The van der Waals surface area contributed by atoms with Crippen molar-refractivity contribution in [2.45, 2.75) is 12.8 Å². The molecule has 2 N–H and O–H groups in total. The number of aromatic amines is 1. The summed E-state index contributed by atoms with van der Waals surface area (Å²) in [6, 6.07) is 7.47. The smallest absolute Gasteiger partial charge is 0.225 e. The van der Waals surface area contributed by atoms with Gasteiger partial charge < -0.3 is 10.3 Å². The highest BCUT2D eigenvalue weighted by atomic mass is 79.9. The molecule has 0 radical (unpaired) electrons. The Bertz CT molecular complexity index is 496. The van der Waals surface area contributed by atoms with Crippen molar-refractivity contribution < 1.29 is 4.79 Å². The van der Waals surface area contributed by atoms with Crippen LogP contribution in [0.1, 0.15) is 12.1 Å². The SMILES string of the molecule is O=C(CCc1ccc[nH]1)Nc1cc(Br)ccn1. The van der Waals surface area contributed by atoms with Gasteiger partial charge in [-0.05, 0) is 30.7 Å². The number of aryl methyl sites for hydroxylation is 1. The van der Waals surface area contributed by atoms with Gasteiger partial charge in [0.1, 0.15) is 5.82 Å². The molecule has 2 heterocycles. The standard InChI is InChI=1S/C12H12BrN3O/c13-9-5-7-15-11(8-9)16-12(17)4-3-10-2-1-6-14-10/h1-2,5-8,14H,3-4H2,(H,15,16,17). The van der Waals surface area contributed by atoms with Crippen LogP contribution in [-0.4, -0.2) is 15.9 Å². The Morgan fingerprint density at radius 1 is 1.47 bits per heavy atom. The molecular formula is C12H12BrN3O. The minimum atomic E-state index is -0.0369. The van der Waals surface area contributed by atoms with Crippen molar-refractivity contribution in [3.05, 3.63) is 46.8 Å². The van der Waals surface area contributed by atoms with Crippen LogP contribution in [0.3, 0.4) is 0 Å². The summed E-state index contributed by atoms with van der Waals surface area (Å²) in [6.07, 6.45) is 4.63. The summed E-state index contributed by atoms with van der Waals surface area (Å²) in [4.78, 5) is 18.8. The van der Waals surface area contributed by atoms with Crippen molar-refractivity contribution in [1.82, 2.24) is 9.97 Å². The third-order valence-electron chi connectivity index (χ3n) is 2.27. The Labute approximate surface area is 108 Å². The average molecular weight is 294 g/mol. The summed E-state index contributed by atoms with van der Waals surface area (Å²) in [5.74, 6) is 0.529. The molecule has 2 rings (SSSR count). The number of carbonyl (C=O) groups excluding carboxylic acids is 1. The number of amides is 1. The first-order valence-electron chi connectivity index (χ1n) is 5.28. The zero-order chi connectivity index (χ0) is 12.1. The molecule has 0 aromatic carbocycles. The molecule has 0 bridgehead atoms. The molecule has 0 fully saturated rings. The molecule has 0 unspecified atom stereocenters. The molecule has 1 amide bonds. The van der Waals surface area contributed by atoms with Gasteiger partial charge in [-0.3, -0.25) is 4.79 Å². The number of carbonyl (C=O) groups is 1. The maximum Gasteiger partial charge on any atom is 0.225 e. The van der Waals surface area contributed by atoms with Crippen LogP contribution in [-0.2, 0) is 11.2 Å². The van der Waals surface area contributed by atoms with E-state index in [1.54, 1.807) is 12.3 Å². The van der Waals surface area contributed by atoms with Crippen molar-refractivity contribution in [2.24, 2.45) is 0 Å². The Morgan fingerprint density at radius 3 is 3.06 bits per heavy atom. The second-order valence-corrected chi connectivity index (χ2v) is 4.52. The van der Waals surface area contributed by atoms with Gasteiger partial charge in [0.2, 0.25) is 5.91 Å². The summed E-state index contributed by atoms with van der Waals surface area (Å²) in [5, 5.41) is 2.75. The van der Waals surface area contributed by atoms with Crippen LogP contribution in [0, 0.1) is 0 Å². The summed E-state index contributed by atoms with van der Waals surface area (Å²) in [7, 11) is 0. The summed E-state index contributed by atoms with van der Waals surface area (Å²) < 4.78 is 0.896. The Kier molecular flexibility index (Phi) is 3.93. The lowest BCUT2D eigenvalue weighted by Gasteiger charge is -2.03. The largest absolute Gasteiger partial charge is 0.365 e. The van der Waals surface area contributed by atoms with Gasteiger partial charge in [0, 0.05) is 29.0 Å². The molecule has 4 nitrogen and oxygen atoms in total. The molecule has 0 aliphatic rings. The van der Waals surface area contributed by atoms with Crippen molar-refractivity contribution >= 4 is 27.7 Å². The monoisotopic (exact) mass is 293 g/mol. The lowest BCUT2D eigenvalue weighted by molar-refractivity contribution is -0.116. The molecule has 2 aromatic heterocycles. The third-order valence-corrected chi connectivity index (χ3v) is 2.77. The van der Waals surface area contributed by atoms with E-state index < -0.39 is 0 Å². The number of nitrogens with zero attached hydrogens (tertiary/aromatic N) is 1. The van der Waals surface area contributed by atoms with Gasteiger partial charge in [-0.15, -0.1) is 0 Å². The summed E-state index contributed by atoms with van der Waals surface area (Å²) in [6.45, 7) is 0. The van der Waals surface area contributed by atoms with Crippen molar-refractivity contribution in [2.75, 3.05) is 5.32 Å². The van der Waals surface area contributed by atoms with E-state index in [2.05, 4.69) is 31.2 Å². The first kappa shape index (κ1) is 11.9. The third kappa shape index (κ3) is 3.71. The van der Waals surface area contributed by atoms with E-state index in [9.17, 15) is 4.79 Å². The van der Waals surface area contributed by atoms with Crippen LogP contribution in [0.2, 0.25) is 0 Å². The van der Waals surface area contributed by atoms with E-state index in [0.29, 0.717) is 18.7 Å². The molecule has 0 spiro atoms. The average Bonchev–Trinajstić information content (AvgIpc) is 2.79. The minimum Gasteiger partial charge on any atom is -0.365 e. The number of aromatic nitrogens is 2. The molecule has 0 saturated carbocycles. The van der Waals surface area contributed by atoms with Gasteiger partial charge in [-0.25, -0.2) is 4.98 Å². The van der Waals surface area contributed by atoms with E-state index >= 15 is 0 Å². The fourth-order valence-corrected chi connectivity index (χ4v) is 1.78.